The summed E-state index contributed by atoms with van der Waals surface area (Å²) in [6, 6.07) is -0.526. The van der Waals surface area contributed by atoms with E-state index >= 15 is 0 Å². The van der Waals surface area contributed by atoms with E-state index in [-0.39, 0.29) is 11.3 Å². The van der Waals surface area contributed by atoms with Crippen molar-refractivity contribution >= 4 is 28.5 Å². The van der Waals surface area contributed by atoms with E-state index < -0.39 is 17.7 Å². The molecule has 7 nitrogen and oxygen atoms in total. The van der Waals surface area contributed by atoms with E-state index in [2.05, 4.69) is 15.5 Å². The van der Waals surface area contributed by atoms with Crippen molar-refractivity contribution in [1.82, 2.24) is 15.1 Å². The number of amides is 2. The maximum Gasteiger partial charge on any atom is 0.410 e. The van der Waals surface area contributed by atoms with Crippen molar-refractivity contribution in [2.75, 3.05) is 11.9 Å². The highest BCUT2D eigenvalue weighted by Crippen LogP contribution is 2.28. The second kappa shape index (κ2) is 6.66. The highest BCUT2D eigenvalue weighted by molar-refractivity contribution is 7.15. The lowest BCUT2D eigenvalue weighted by atomic mass is 9.98. The minimum atomic E-state index is -0.582. The van der Waals surface area contributed by atoms with Crippen molar-refractivity contribution in [3.05, 3.63) is 5.01 Å². The minimum Gasteiger partial charge on any atom is -0.444 e. The van der Waals surface area contributed by atoms with Crippen molar-refractivity contribution in [1.29, 1.82) is 0 Å². The van der Waals surface area contributed by atoms with Gasteiger partial charge < -0.3 is 4.74 Å². The van der Waals surface area contributed by atoms with Gasteiger partial charge in [-0.3, -0.25) is 15.0 Å². The fourth-order valence-electron chi connectivity index (χ4n) is 2.34. The van der Waals surface area contributed by atoms with Crippen LogP contribution in [-0.4, -0.2) is 45.3 Å². The van der Waals surface area contributed by atoms with E-state index in [0.29, 0.717) is 18.1 Å². The molecular formula is C16H26N4O3S. The molecule has 134 valence electrons. The van der Waals surface area contributed by atoms with Crippen LogP contribution in [0.4, 0.5) is 9.93 Å². The van der Waals surface area contributed by atoms with E-state index in [4.69, 9.17) is 4.74 Å². The number of carbonyl (C=O) groups excluding carboxylic acids is 2. The fourth-order valence-corrected chi connectivity index (χ4v) is 3.15. The predicted molar refractivity (Wildman–Crippen MR) is 93.2 cm³/mol. The first kappa shape index (κ1) is 18.6. The zero-order chi connectivity index (χ0) is 18.1. The number of aromatic nitrogens is 2. The third kappa shape index (κ3) is 4.66. The zero-order valence-electron chi connectivity index (χ0n) is 15.2. The van der Waals surface area contributed by atoms with Crippen LogP contribution in [0.3, 0.4) is 0 Å². The number of ether oxygens (including phenoxy) is 1. The van der Waals surface area contributed by atoms with Crippen molar-refractivity contribution in [2.24, 2.45) is 0 Å². The summed E-state index contributed by atoms with van der Waals surface area (Å²) in [4.78, 5) is 26.3. The Kier molecular flexibility index (Phi) is 5.17. The third-order valence-electron chi connectivity index (χ3n) is 3.48. The topological polar surface area (TPSA) is 84.4 Å². The maximum absolute atomic E-state index is 12.5. The molecule has 1 aromatic rings. The summed E-state index contributed by atoms with van der Waals surface area (Å²) in [5.74, 6) is -0.241. The van der Waals surface area contributed by atoms with E-state index in [9.17, 15) is 9.59 Å². The molecule has 0 aliphatic carbocycles. The molecule has 0 saturated carbocycles. The molecule has 1 N–H and O–H groups in total. The van der Waals surface area contributed by atoms with Gasteiger partial charge in [-0.1, -0.05) is 32.1 Å². The van der Waals surface area contributed by atoms with Crippen molar-refractivity contribution in [3.63, 3.8) is 0 Å². The van der Waals surface area contributed by atoms with E-state index in [1.807, 2.05) is 41.5 Å². The molecule has 2 heterocycles. The monoisotopic (exact) mass is 354 g/mol. The van der Waals surface area contributed by atoms with Crippen LogP contribution in [-0.2, 0) is 14.9 Å². The van der Waals surface area contributed by atoms with E-state index in [1.165, 1.54) is 16.2 Å². The van der Waals surface area contributed by atoms with Gasteiger partial charge in [0, 0.05) is 12.0 Å². The van der Waals surface area contributed by atoms with E-state index in [0.717, 1.165) is 11.4 Å². The van der Waals surface area contributed by atoms with Crippen LogP contribution in [0, 0.1) is 0 Å². The van der Waals surface area contributed by atoms with Gasteiger partial charge in [0.15, 0.2) is 0 Å². The normalized spacial score (nSPS) is 18.6. The molecule has 24 heavy (non-hydrogen) atoms. The van der Waals surface area contributed by atoms with Crippen LogP contribution in [0.2, 0.25) is 0 Å². The van der Waals surface area contributed by atoms with Gasteiger partial charge in [-0.2, -0.15) is 0 Å². The molecule has 1 aliphatic rings. The summed E-state index contributed by atoms with van der Waals surface area (Å²) >= 11 is 1.36. The number of carbonyl (C=O) groups is 2. The highest BCUT2D eigenvalue weighted by Gasteiger charge is 2.37. The summed E-state index contributed by atoms with van der Waals surface area (Å²) in [7, 11) is 0. The lowest BCUT2D eigenvalue weighted by molar-refractivity contribution is -0.120. The number of rotatable bonds is 2. The summed E-state index contributed by atoms with van der Waals surface area (Å²) in [5.41, 5.74) is -0.696. The Balaban J connectivity index is 2.03. The summed E-state index contributed by atoms with van der Waals surface area (Å²) in [6.45, 7) is 12.1. The van der Waals surface area contributed by atoms with E-state index in [1.54, 1.807) is 0 Å². The molecule has 0 radical (unpaired) electrons. The first-order valence-electron chi connectivity index (χ1n) is 8.12. The minimum absolute atomic E-state index is 0.115. The molecule has 1 saturated heterocycles. The largest absolute Gasteiger partial charge is 0.444 e. The molecule has 0 spiro atoms. The van der Waals surface area contributed by atoms with Gasteiger partial charge in [-0.15, -0.1) is 10.2 Å². The summed E-state index contributed by atoms with van der Waals surface area (Å²) in [5, 5.41) is 12.2. The Morgan fingerprint density at radius 2 is 1.88 bits per heavy atom. The van der Waals surface area contributed by atoms with Gasteiger partial charge in [0.1, 0.15) is 16.7 Å². The Morgan fingerprint density at radius 3 is 2.42 bits per heavy atom. The molecule has 1 aliphatic heterocycles. The summed E-state index contributed by atoms with van der Waals surface area (Å²) < 4.78 is 5.38. The number of nitrogens with one attached hydrogen (secondary N) is 1. The molecule has 1 atom stereocenters. The number of anilines is 1. The number of hydrogen-bond donors (Lipinski definition) is 1. The molecule has 1 unspecified atom stereocenters. The van der Waals surface area contributed by atoms with Gasteiger partial charge in [0.2, 0.25) is 11.0 Å². The maximum atomic E-state index is 12.5. The summed E-state index contributed by atoms with van der Waals surface area (Å²) in [6.07, 6.45) is 0.948. The molecule has 0 bridgehead atoms. The predicted octanol–water partition coefficient (Wildman–Crippen LogP) is 3.17. The van der Waals surface area contributed by atoms with Crippen LogP contribution in [0.5, 0.6) is 0 Å². The third-order valence-corrected chi connectivity index (χ3v) is 4.74. The van der Waals surface area contributed by atoms with Crippen molar-refractivity contribution < 1.29 is 14.3 Å². The Labute approximate surface area is 146 Å². The average Bonchev–Trinajstić information content (AvgIpc) is 3.03. The van der Waals surface area contributed by atoms with Crippen molar-refractivity contribution in [2.45, 2.75) is 71.4 Å². The molecule has 0 aromatic carbocycles. The van der Waals surface area contributed by atoms with Gasteiger partial charge in [-0.25, -0.2) is 4.79 Å². The molecule has 2 rings (SSSR count). The van der Waals surface area contributed by atoms with Gasteiger partial charge >= 0.3 is 6.09 Å². The number of hydrogen-bond acceptors (Lipinski definition) is 6. The van der Waals surface area contributed by atoms with Crippen molar-refractivity contribution in [3.8, 4) is 0 Å². The Morgan fingerprint density at radius 1 is 1.21 bits per heavy atom. The highest BCUT2D eigenvalue weighted by atomic mass is 32.1. The first-order valence-corrected chi connectivity index (χ1v) is 8.93. The number of nitrogens with zero attached hydrogens (tertiary/aromatic N) is 3. The van der Waals surface area contributed by atoms with Gasteiger partial charge in [-0.05, 0) is 33.6 Å². The number of likely N-dealkylation sites (tertiary alicyclic amines) is 1. The second-order valence-electron chi connectivity index (χ2n) is 7.98. The van der Waals surface area contributed by atoms with Gasteiger partial charge in [0.25, 0.3) is 0 Å². The lowest BCUT2D eigenvalue weighted by Gasteiger charge is -2.27. The molecule has 8 heteroatoms. The van der Waals surface area contributed by atoms with Crippen LogP contribution in [0.25, 0.3) is 0 Å². The smallest absolute Gasteiger partial charge is 0.410 e. The Bertz CT molecular complexity index is 616. The van der Waals surface area contributed by atoms with Gasteiger partial charge in [0.05, 0.1) is 0 Å². The van der Waals surface area contributed by atoms with Crippen LogP contribution < -0.4 is 5.32 Å². The zero-order valence-corrected chi connectivity index (χ0v) is 16.0. The molecule has 1 aromatic heterocycles. The SMILES string of the molecule is CC(C)(C)OC(=O)N1CCCC1C(=O)Nc1nnc(C(C)(C)C)s1. The van der Waals surface area contributed by atoms with Crippen LogP contribution in [0.1, 0.15) is 59.4 Å². The molecule has 1 fully saturated rings. The average molecular weight is 354 g/mol. The first-order chi connectivity index (χ1) is 11.0. The second-order valence-corrected chi connectivity index (χ2v) is 8.96. The fraction of sp³-hybridized carbons (Fsp3) is 0.750. The van der Waals surface area contributed by atoms with Crippen LogP contribution >= 0.6 is 11.3 Å². The Hall–Kier alpha value is -1.70. The quantitative estimate of drug-likeness (QED) is 0.882. The molecular weight excluding hydrogens is 328 g/mol. The lowest BCUT2D eigenvalue weighted by Crippen LogP contribution is -2.45. The molecule has 2 amide bonds. The standard InChI is InChI=1S/C16H26N4O3S/c1-15(2,3)12-18-19-13(24-12)17-11(21)10-8-7-9-20(10)14(22)23-16(4,5)6/h10H,7-9H2,1-6H3,(H,17,19,21). The van der Waals surface area contributed by atoms with Crippen LogP contribution in [0.15, 0.2) is 0 Å².